The first kappa shape index (κ1) is 27.1. The van der Waals surface area contributed by atoms with Gasteiger partial charge in [-0.25, -0.2) is 18.1 Å². The van der Waals surface area contributed by atoms with E-state index in [0.717, 1.165) is 35.1 Å². The molecule has 0 unspecified atom stereocenters. The Bertz CT molecular complexity index is 1350. The van der Waals surface area contributed by atoms with Crippen LogP contribution in [0.1, 0.15) is 83.4 Å². The highest BCUT2D eigenvalue weighted by molar-refractivity contribution is 7.92. The SMILES string of the molecule is CC(C)c1cccc(C(C)C)c1-c1cc2nc(n1)NS(=O)(=O)c1cccc(c1)C[C@H](CC(C)(C)C)CO2. The molecule has 1 N–H and O–H groups in total. The normalized spacial score (nSPS) is 17.5. The standard InChI is InChI=1S/C30H39N3O3S/c1-19(2)24-12-9-13-25(20(3)4)28(24)26-16-27-32-29(31-26)33-37(34,35)23-11-8-10-21(15-23)14-22(18-36-27)17-30(5,6)7/h8-13,15-16,19-20,22H,14,17-18H2,1-7H3,(H,31,32,33)/t22-/m1/s1. The molecule has 0 amide bonds. The molecule has 0 saturated carbocycles. The van der Waals surface area contributed by atoms with Crippen molar-refractivity contribution in [2.75, 3.05) is 11.3 Å². The lowest BCUT2D eigenvalue weighted by molar-refractivity contribution is 0.189. The maximum atomic E-state index is 13.4. The topological polar surface area (TPSA) is 81.2 Å². The van der Waals surface area contributed by atoms with Crippen molar-refractivity contribution in [3.63, 3.8) is 0 Å². The predicted molar refractivity (Wildman–Crippen MR) is 150 cm³/mol. The lowest BCUT2D eigenvalue weighted by atomic mass is 9.82. The molecule has 0 aliphatic carbocycles. The fourth-order valence-electron chi connectivity index (χ4n) is 5.13. The van der Waals surface area contributed by atoms with E-state index in [2.05, 4.69) is 76.4 Å². The number of nitrogens with zero attached hydrogens (tertiary/aromatic N) is 2. The smallest absolute Gasteiger partial charge is 0.264 e. The molecule has 0 spiro atoms. The largest absolute Gasteiger partial charge is 0.477 e. The fourth-order valence-corrected chi connectivity index (χ4v) is 6.14. The van der Waals surface area contributed by atoms with E-state index in [9.17, 15) is 8.42 Å². The van der Waals surface area contributed by atoms with E-state index in [0.29, 0.717) is 18.2 Å². The molecule has 1 aliphatic rings. The van der Waals surface area contributed by atoms with Crippen LogP contribution in [0.4, 0.5) is 5.95 Å². The third kappa shape index (κ3) is 6.50. The van der Waals surface area contributed by atoms with Gasteiger partial charge >= 0.3 is 0 Å². The molecule has 1 aliphatic heterocycles. The molecule has 2 aromatic carbocycles. The van der Waals surface area contributed by atoms with Gasteiger partial charge in [-0.3, -0.25) is 0 Å². The minimum absolute atomic E-state index is 0.0131. The number of anilines is 1. The summed E-state index contributed by atoms with van der Waals surface area (Å²) < 4.78 is 35.6. The number of nitrogens with one attached hydrogen (secondary N) is 1. The first-order valence-electron chi connectivity index (χ1n) is 13.1. The van der Waals surface area contributed by atoms with Crippen LogP contribution in [0, 0.1) is 11.3 Å². The van der Waals surface area contributed by atoms with Gasteiger partial charge in [0.15, 0.2) is 0 Å². The van der Waals surface area contributed by atoms with Gasteiger partial charge in [0.1, 0.15) is 0 Å². The number of rotatable bonds is 4. The molecule has 0 saturated heterocycles. The van der Waals surface area contributed by atoms with Crippen molar-refractivity contribution >= 4 is 16.0 Å². The van der Waals surface area contributed by atoms with E-state index in [-0.39, 0.29) is 34.0 Å². The summed E-state index contributed by atoms with van der Waals surface area (Å²) in [5.41, 5.74) is 5.06. The number of hydrogen-bond donors (Lipinski definition) is 1. The van der Waals surface area contributed by atoms with Gasteiger partial charge in [-0.1, -0.05) is 78.8 Å². The number of benzene rings is 2. The van der Waals surface area contributed by atoms with Crippen molar-refractivity contribution < 1.29 is 13.2 Å². The minimum Gasteiger partial charge on any atom is -0.477 e. The van der Waals surface area contributed by atoms with Crippen molar-refractivity contribution in [2.24, 2.45) is 11.3 Å². The first-order chi connectivity index (χ1) is 17.3. The third-order valence-corrected chi connectivity index (χ3v) is 7.98. The Morgan fingerprint density at radius 1 is 0.973 bits per heavy atom. The molecule has 3 aromatic rings. The third-order valence-electron chi connectivity index (χ3n) is 6.66. The summed E-state index contributed by atoms with van der Waals surface area (Å²) in [6, 6.07) is 15.3. The summed E-state index contributed by atoms with van der Waals surface area (Å²) in [6.07, 6.45) is 1.65. The molecule has 198 valence electrons. The van der Waals surface area contributed by atoms with Gasteiger partial charge in [-0.15, -0.1) is 0 Å². The molecular formula is C30H39N3O3S. The highest BCUT2D eigenvalue weighted by Crippen LogP contribution is 2.37. The second kappa shape index (κ2) is 10.4. The van der Waals surface area contributed by atoms with E-state index in [4.69, 9.17) is 9.72 Å². The predicted octanol–water partition coefficient (Wildman–Crippen LogP) is 7.18. The number of ether oxygens (including phenoxy) is 1. The van der Waals surface area contributed by atoms with Crippen LogP contribution in [0.3, 0.4) is 0 Å². The van der Waals surface area contributed by atoms with E-state index >= 15 is 0 Å². The number of fused-ring (bicyclic) bond motifs is 4. The molecule has 6 nitrogen and oxygen atoms in total. The molecule has 0 fully saturated rings. The summed E-state index contributed by atoms with van der Waals surface area (Å²) in [5.74, 6) is 1.11. The summed E-state index contributed by atoms with van der Waals surface area (Å²) in [7, 11) is -3.88. The number of hydrogen-bond acceptors (Lipinski definition) is 5. The molecular weight excluding hydrogens is 482 g/mol. The van der Waals surface area contributed by atoms with Crippen LogP contribution in [0.2, 0.25) is 0 Å². The molecule has 4 rings (SSSR count). The van der Waals surface area contributed by atoms with Crippen LogP contribution in [-0.4, -0.2) is 25.0 Å². The van der Waals surface area contributed by atoms with Crippen molar-refractivity contribution in [1.29, 1.82) is 0 Å². The average Bonchev–Trinajstić information content (AvgIpc) is 2.80. The summed E-state index contributed by atoms with van der Waals surface area (Å²) >= 11 is 0. The Labute approximate surface area is 222 Å². The zero-order valence-electron chi connectivity index (χ0n) is 23.0. The van der Waals surface area contributed by atoms with Gasteiger partial charge < -0.3 is 4.74 Å². The Hall–Kier alpha value is -2.93. The summed E-state index contributed by atoms with van der Waals surface area (Å²) in [5, 5.41) is 0. The van der Waals surface area contributed by atoms with E-state index in [1.54, 1.807) is 18.2 Å². The Morgan fingerprint density at radius 3 is 2.24 bits per heavy atom. The Kier molecular flexibility index (Phi) is 7.65. The quantitative estimate of drug-likeness (QED) is 0.393. The molecule has 7 heteroatoms. The first-order valence-corrected chi connectivity index (χ1v) is 14.6. The lowest BCUT2D eigenvalue weighted by Gasteiger charge is -2.27. The minimum atomic E-state index is -3.88. The van der Waals surface area contributed by atoms with E-state index in [1.807, 2.05) is 12.1 Å². The Morgan fingerprint density at radius 2 is 1.62 bits per heavy atom. The van der Waals surface area contributed by atoms with Crippen molar-refractivity contribution in [2.45, 2.75) is 78.0 Å². The lowest BCUT2D eigenvalue weighted by Crippen LogP contribution is -2.23. The highest BCUT2D eigenvalue weighted by Gasteiger charge is 2.25. The number of sulfonamides is 1. The average molecular weight is 522 g/mol. The summed E-state index contributed by atoms with van der Waals surface area (Å²) in [4.78, 5) is 9.41. The monoisotopic (exact) mass is 521 g/mol. The van der Waals surface area contributed by atoms with Crippen LogP contribution in [0.5, 0.6) is 5.88 Å². The molecule has 37 heavy (non-hydrogen) atoms. The van der Waals surface area contributed by atoms with Crippen molar-refractivity contribution in [3.05, 3.63) is 65.2 Å². The molecule has 1 aromatic heterocycles. The number of aromatic nitrogens is 2. The van der Waals surface area contributed by atoms with Crippen molar-refractivity contribution in [1.82, 2.24) is 9.97 Å². The summed E-state index contributed by atoms with van der Waals surface area (Å²) in [6.45, 7) is 15.7. The zero-order chi connectivity index (χ0) is 27.0. The second-order valence-corrected chi connectivity index (χ2v) is 13.6. The highest BCUT2D eigenvalue weighted by atomic mass is 32.2. The van der Waals surface area contributed by atoms with Crippen LogP contribution < -0.4 is 9.46 Å². The maximum absolute atomic E-state index is 13.4. The van der Waals surface area contributed by atoms with Gasteiger partial charge in [0.05, 0.1) is 17.2 Å². The second-order valence-electron chi connectivity index (χ2n) is 11.9. The maximum Gasteiger partial charge on any atom is 0.264 e. The van der Waals surface area contributed by atoms with Crippen LogP contribution >= 0.6 is 0 Å². The van der Waals surface area contributed by atoms with Crippen LogP contribution in [-0.2, 0) is 16.4 Å². The van der Waals surface area contributed by atoms with Crippen molar-refractivity contribution in [3.8, 4) is 17.1 Å². The van der Waals surface area contributed by atoms with E-state index in [1.165, 1.54) is 0 Å². The van der Waals surface area contributed by atoms with E-state index < -0.39 is 10.0 Å². The molecule has 0 radical (unpaired) electrons. The Balaban J connectivity index is 1.89. The molecule has 4 bridgehead atoms. The van der Waals surface area contributed by atoms with Gasteiger partial charge in [-0.05, 0) is 64.8 Å². The van der Waals surface area contributed by atoms with Gasteiger partial charge in [0, 0.05) is 11.6 Å². The fraction of sp³-hybridized carbons (Fsp3) is 0.467. The van der Waals surface area contributed by atoms with Crippen LogP contribution in [0.15, 0.2) is 53.4 Å². The zero-order valence-corrected chi connectivity index (χ0v) is 23.8. The van der Waals surface area contributed by atoms with Gasteiger partial charge in [0.25, 0.3) is 10.0 Å². The van der Waals surface area contributed by atoms with Gasteiger partial charge in [-0.2, -0.15) is 4.98 Å². The molecule has 1 atom stereocenters. The molecule has 2 heterocycles. The van der Waals surface area contributed by atoms with Gasteiger partial charge in [0.2, 0.25) is 11.8 Å². The van der Waals surface area contributed by atoms with Crippen LogP contribution in [0.25, 0.3) is 11.3 Å².